The lowest BCUT2D eigenvalue weighted by atomic mass is 10.1. The minimum atomic E-state index is -4.11. The van der Waals surface area contributed by atoms with Gasteiger partial charge in [0.25, 0.3) is 10.1 Å². The lowest BCUT2D eigenvalue weighted by Crippen LogP contribution is -2.09. The average molecular weight is 564 g/mol. The summed E-state index contributed by atoms with van der Waals surface area (Å²) in [6.07, 6.45) is 2.28. The number of aromatic nitrogens is 3. The highest BCUT2D eigenvalue weighted by atomic mass is 32.2. The Bertz CT molecular complexity index is 1760. The van der Waals surface area contributed by atoms with Crippen molar-refractivity contribution in [1.82, 2.24) is 14.4 Å². The summed E-state index contributed by atoms with van der Waals surface area (Å²) >= 11 is 0. The molecule has 0 aliphatic carbocycles. The summed E-state index contributed by atoms with van der Waals surface area (Å²) in [4.78, 5) is 9.49. The third-order valence-corrected chi connectivity index (χ3v) is 7.07. The minimum absolute atomic E-state index is 0.0145. The van der Waals surface area contributed by atoms with E-state index in [0.29, 0.717) is 34.7 Å². The Morgan fingerprint density at radius 2 is 1.60 bits per heavy atom. The standard InChI is InChI=1S/C29H26FN3O6S/c30-23-15-20(7-12-27(23)39-13-4-14-40(36,37)38)17-25-29(35)33-18-26(21-8-10-22(34)11-9-21)31-24(28(33)32-25)16-19-5-2-1-3-6-19/h1-3,5-12,15,18,34-35H,4,13-14,16-17H2,(H,36,37,38). The lowest BCUT2D eigenvalue weighted by molar-refractivity contribution is 0.300. The number of phenolic OH excluding ortho intramolecular Hbond substituents is 1. The zero-order chi connectivity index (χ0) is 28.3. The van der Waals surface area contributed by atoms with Crippen LogP contribution >= 0.6 is 0 Å². The molecule has 0 amide bonds. The smallest absolute Gasteiger partial charge is 0.264 e. The van der Waals surface area contributed by atoms with E-state index >= 15 is 0 Å². The zero-order valence-electron chi connectivity index (χ0n) is 21.2. The molecule has 3 N–H and O–H groups in total. The summed E-state index contributed by atoms with van der Waals surface area (Å²) in [6, 6.07) is 20.7. The highest BCUT2D eigenvalue weighted by Crippen LogP contribution is 2.29. The third kappa shape index (κ3) is 6.38. The normalized spacial score (nSPS) is 11.7. The van der Waals surface area contributed by atoms with Crippen LogP contribution in [0.25, 0.3) is 16.9 Å². The first kappa shape index (κ1) is 27.1. The van der Waals surface area contributed by atoms with Crippen LogP contribution in [0.3, 0.4) is 0 Å². The highest BCUT2D eigenvalue weighted by Gasteiger charge is 2.19. The van der Waals surface area contributed by atoms with E-state index in [-0.39, 0.29) is 36.8 Å². The number of aromatic hydroxyl groups is 2. The third-order valence-electron chi connectivity index (χ3n) is 6.27. The van der Waals surface area contributed by atoms with Crippen molar-refractivity contribution in [1.29, 1.82) is 0 Å². The van der Waals surface area contributed by atoms with Gasteiger partial charge >= 0.3 is 0 Å². The van der Waals surface area contributed by atoms with E-state index in [9.17, 15) is 23.0 Å². The number of halogens is 1. The van der Waals surface area contributed by atoms with Crippen molar-refractivity contribution in [2.75, 3.05) is 12.4 Å². The monoisotopic (exact) mass is 563 g/mol. The second-order valence-corrected chi connectivity index (χ2v) is 10.9. The fraction of sp³-hybridized carbons (Fsp3) is 0.172. The molecule has 0 unspecified atom stereocenters. The first-order valence-electron chi connectivity index (χ1n) is 12.5. The van der Waals surface area contributed by atoms with Gasteiger partial charge in [0.2, 0.25) is 5.88 Å². The predicted molar refractivity (Wildman–Crippen MR) is 147 cm³/mol. The summed E-state index contributed by atoms with van der Waals surface area (Å²) in [6.45, 7) is -0.0795. The van der Waals surface area contributed by atoms with Crippen molar-refractivity contribution in [3.05, 3.63) is 107 Å². The van der Waals surface area contributed by atoms with Crippen molar-refractivity contribution >= 4 is 15.8 Å². The summed E-state index contributed by atoms with van der Waals surface area (Å²) in [5.74, 6) is -1.14. The topological polar surface area (TPSA) is 134 Å². The molecule has 0 fully saturated rings. The fourth-order valence-corrected chi connectivity index (χ4v) is 4.81. The molecule has 0 spiro atoms. The first-order valence-corrected chi connectivity index (χ1v) is 14.1. The lowest BCUT2D eigenvalue weighted by Gasteiger charge is -2.09. The summed E-state index contributed by atoms with van der Waals surface area (Å²) in [5, 5.41) is 20.8. The van der Waals surface area contributed by atoms with Crippen LogP contribution in [-0.4, -0.2) is 49.9 Å². The summed E-state index contributed by atoms with van der Waals surface area (Å²) < 4.78 is 52.0. The molecule has 5 rings (SSSR count). The van der Waals surface area contributed by atoms with Crippen LogP contribution in [-0.2, 0) is 23.0 Å². The van der Waals surface area contributed by atoms with Crippen molar-refractivity contribution < 1.29 is 32.3 Å². The molecule has 40 heavy (non-hydrogen) atoms. The second-order valence-electron chi connectivity index (χ2n) is 9.29. The van der Waals surface area contributed by atoms with Gasteiger partial charge in [-0.05, 0) is 53.9 Å². The van der Waals surface area contributed by atoms with Crippen molar-refractivity contribution in [3.63, 3.8) is 0 Å². The van der Waals surface area contributed by atoms with Gasteiger partial charge in [-0.15, -0.1) is 0 Å². The van der Waals surface area contributed by atoms with E-state index in [1.807, 2.05) is 30.3 Å². The first-order chi connectivity index (χ1) is 19.2. The Morgan fingerprint density at radius 1 is 0.875 bits per heavy atom. The summed E-state index contributed by atoms with van der Waals surface area (Å²) in [7, 11) is -4.11. The number of benzene rings is 3. The van der Waals surface area contributed by atoms with E-state index in [1.54, 1.807) is 40.9 Å². The molecule has 206 valence electrons. The van der Waals surface area contributed by atoms with Crippen LogP contribution < -0.4 is 4.74 Å². The van der Waals surface area contributed by atoms with Gasteiger partial charge in [-0.1, -0.05) is 36.4 Å². The number of phenols is 1. The molecule has 11 heteroatoms. The highest BCUT2D eigenvalue weighted by molar-refractivity contribution is 7.85. The van der Waals surface area contributed by atoms with E-state index < -0.39 is 21.7 Å². The predicted octanol–water partition coefficient (Wildman–Crippen LogP) is 4.78. The van der Waals surface area contributed by atoms with Gasteiger partial charge in [-0.2, -0.15) is 8.42 Å². The van der Waals surface area contributed by atoms with Crippen LogP contribution in [0.15, 0.2) is 79.0 Å². The van der Waals surface area contributed by atoms with Gasteiger partial charge in [-0.3, -0.25) is 8.95 Å². The van der Waals surface area contributed by atoms with Crippen LogP contribution in [0, 0.1) is 5.82 Å². The second kappa shape index (κ2) is 11.3. The number of hydrogen-bond donors (Lipinski definition) is 3. The molecule has 0 saturated heterocycles. The molecule has 0 saturated carbocycles. The maximum absolute atomic E-state index is 14.7. The molecule has 3 aromatic carbocycles. The van der Waals surface area contributed by atoms with E-state index in [1.165, 1.54) is 12.1 Å². The molecule has 0 aliphatic heterocycles. The van der Waals surface area contributed by atoms with E-state index in [2.05, 4.69) is 4.98 Å². The van der Waals surface area contributed by atoms with Gasteiger partial charge in [0.15, 0.2) is 17.2 Å². The SMILES string of the molecule is O=S(=O)(O)CCCOc1ccc(Cc2nc3c(Cc4ccccc4)nc(-c4ccc(O)cc4)cn3c2O)cc1F. The van der Waals surface area contributed by atoms with E-state index in [0.717, 1.165) is 11.1 Å². The number of hydrogen-bond acceptors (Lipinski definition) is 7. The Hall–Kier alpha value is -4.48. The maximum Gasteiger partial charge on any atom is 0.264 e. The van der Waals surface area contributed by atoms with Crippen LogP contribution in [0.2, 0.25) is 0 Å². The van der Waals surface area contributed by atoms with Gasteiger partial charge in [-0.25, -0.2) is 14.4 Å². The van der Waals surface area contributed by atoms with Crippen LogP contribution in [0.5, 0.6) is 17.4 Å². The van der Waals surface area contributed by atoms with Gasteiger partial charge in [0.1, 0.15) is 11.4 Å². The largest absolute Gasteiger partial charge is 0.508 e. The number of ether oxygens (including phenoxy) is 1. The Kier molecular flexibility index (Phi) is 7.67. The molecular formula is C29H26FN3O6S. The van der Waals surface area contributed by atoms with Gasteiger partial charge in [0.05, 0.1) is 23.7 Å². The quantitative estimate of drug-likeness (QED) is 0.163. The van der Waals surface area contributed by atoms with Gasteiger partial charge in [0, 0.05) is 24.6 Å². The fourth-order valence-electron chi connectivity index (χ4n) is 4.33. The number of rotatable bonds is 10. The number of fused-ring (bicyclic) bond motifs is 1. The van der Waals surface area contributed by atoms with Crippen LogP contribution in [0.4, 0.5) is 4.39 Å². The molecule has 0 atom stereocenters. The molecule has 0 aliphatic rings. The molecule has 2 heterocycles. The maximum atomic E-state index is 14.7. The van der Waals surface area contributed by atoms with E-state index in [4.69, 9.17) is 14.3 Å². The van der Waals surface area contributed by atoms with Crippen molar-refractivity contribution in [2.45, 2.75) is 19.3 Å². The Balaban J connectivity index is 1.45. The van der Waals surface area contributed by atoms with Crippen molar-refractivity contribution in [3.8, 4) is 28.6 Å². The Morgan fingerprint density at radius 3 is 2.30 bits per heavy atom. The molecule has 2 aromatic heterocycles. The molecular weight excluding hydrogens is 537 g/mol. The molecule has 9 nitrogen and oxygen atoms in total. The molecule has 5 aromatic rings. The van der Waals surface area contributed by atoms with Gasteiger partial charge < -0.3 is 14.9 Å². The minimum Gasteiger partial charge on any atom is -0.508 e. The molecule has 0 radical (unpaired) electrons. The molecule has 0 bridgehead atoms. The average Bonchev–Trinajstić information content (AvgIpc) is 3.23. The number of imidazole rings is 1. The Labute approximate surface area is 229 Å². The zero-order valence-corrected chi connectivity index (χ0v) is 22.1. The summed E-state index contributed by atoms with van der Waals surface area (Å²) in [5.41, 5.74) is 4.32. The van der Waals surface area contributed by atoms with Crippen LogP contribution in [0.1, 0.15) is 28.9 Å². The van der Waals surface area contributed by atoms with Crippen molar-refractivity contribution in [2.24, 2.45) is 0 Å². The number of nitrogens with zero attached hydrogens (tertiary/aromatic N) is 3.